The van der Waals surface area contributed by atoms with Crippen molar-refractivity contribution in [2.24, 2.45) is 5.73 Å². The number of aromatic nitrogens is 2. The summed E-state index contributed by atoms with van der Waals surface area (Å²) in [4.78, 5) is 19.0. The average molecular weight is 242 g/mol. The van der Waals surface area contributed by atoms with Gasteiger partial charge in [-0.3, -0.25) is 14.8 Å². The van der Waals surface area contributed by atoms with Crippen LogP contribution in [0.5, 0.6) is 0 Å². The molecule has 0 aromatic carbocycles. The van der Waals surface area contributed by atoms with Gasteiger partial charge in [-0.25, -0.2) is 0 Å². The SMILES string of the molecule is CC(Nc1ccnc(C(N)=O)c1)c1cccnc1. The van der Waals surface area contributed by atoms with Gasteiger partial charge in [-0.1, -0.05) is 6.07 Å². The van der Waals surface area contributed by atoms with Crippen LogP contribution in [0.15, 0.2) is 42.9 Å². The molecule has 0 saturated carbocycles. The molecule has 0 aliphatic carbocycles. The van der Waals surface area contributed by atoms with Crippen molar-refractivity contribution in [1.29, 1.82) is 0 Å². The Morgan fingerprint density at radius 2 is 2.22 bits per heavy atom. The van der Waals surface area contributed by atoms with E-state index in [1.165, 1.54) is 0 Å². The first kappa shape index (κ1) is 12.0. The lowest BCUT2D eigenvalue weighted by Crippen LogP contribution is -2.14. The molecule has 0 fully saturated rings. The lowest BCUT2D eigenvalue weighted by Gasteiger charge is -2.15. The highest BCUT2D eigenvalue weighted by molar-refractivity contribution is 5.91. The topological polar surface area (TPSA) is 80.9 Å². The number of carbonyl (C=O) groups excluding carboxylic acids is 1. The minimum Gasteiger partial charge on any atom is -0.378 e. The molecule has 2 aromatic rings. The first-order valence-electron chi connectivity index (χ1n) is 5.59. The molecule has 0 saturated heterocycles. The van der Waals surface area contributed by atoms with Crippen molar-refractivity contribution in [3.63, 3.8) is 0 Å². The quantitative estimate of drug-likeness (QED) is 0.855. The summed E-state index contributed by atoms with van der Waals surface area (Å²) in [6, 6.07) is 7.38. The summed E-state index contributed by atoms with van der Waals surface area (Å²) in [6.45, 7) is 2.02. The number of nitrogens with two attached hydrogens (primary N) is 1. The summed E-state index contributed by atoms with van der Waals surface area (Å²) in [7, 11) is 0. The number of primary amides is 1. The number of amides is 1. The van der Waals surface area contributed by atoms with Crippen LogP contribution in [-0.4, -0.2) is 15.9 Å². The van der Waals surface area contributed by atoms with Gasteiger partial charge >= 0.3 is 0 Å². The van der Waals surface area contributed by atoms with Gasteiger partial charge in [0.15, 0.2) is 0 Å². The number of nitrogens with zero attached hydrogens (tertiary/aromatic N) is 2. The summed E-state index contributed by atoms with van der Waals surface area (Å²) in [6.07, 6.45) is 5.08. The van der Waals surface area contributed by atoms with E-state index in [9.17, 15) is 4.79 Å². The van der Waals surface area contributed by atoms with E-state index in [1.807, 2.05) is 19.1 Å². The van der Waals surface area contributed by atoms with Crippen molar-refractivity contribution < 1.29 is 4.79 Å². The lowest BCUT2D eigenvalue weighted by molar-refractivity contribution is 0.0995. The van der Waals surface area contributed by atoms with Crippen molar-refractivity contribution in [1.82, 2.24) is 9.97 Å². The maximum atomic E-state index is 11.0. The normalized spacial score (nSPS) is 11.8. The molecule has 5 nitrogen and oxygen atoms in total. The molecule has 0 aliphatic rings. The molecule has 0 aliphatic heterocycles. The standard InChI is InChI=1S/C13H14N4O/c1-9(10-3-2-5-15-8-10)17-11-4-6-16-12(7-11)13(14)18/h2-9H,1H3,(H2,14,18)(H,16,17). The number of rotatable bonds is 4. The lowest BCUT2D eigenvalue weighted by atomic mass is 10.1. The second-order valence-electron chi connectivity index (χ2n) is 3.95. The van der Waals surface area contributed by atoms with Gasteiger partial charge in [0.25, 0.3) is 5.91 Å². The van der Waals surface area contributed by atoms with Crippen LogP contribution in [0.2, 0.25) is 0 Å². The van der Waals surface area contributed by atoms with Crippen molar-refractivity contribution in [3.8, 4) is 0 Å². The molecule has 92 valence electrons. The Labute approximate surface area is 105 Å². The maximum absolute atomic E-state index is 11.0. The molecule has 1 amide bonds. The van der Waals surface area contributed by atoms with E-state index in [4.69, 9.17) is 5.73 Å². The van der Waals surface area contributed by atoms with E-state index in [0.717, 1.165) is 11.3 Å². The molecule has 1 atom stereocenters. The van der Waals surface area contributed by atoms with Crippen LogP contribution in [0.25, 0.3) is 0 Å². The molecule has 0 bridgehead atoms. The van der Waals surface area contributed by atoms with Crippen LogP contribution in [0, 0.1) is 0 Å². The van der Waals surface area contributed by atoms with Crippen LogP contribution >= 0.6 is 0 Å². The molecule has 18 heavy (non-hydrogen) atoms. The van der Waals surface area contributed by atoms with Gasteiger partial charge in [0, 0.05) is 24.3 Å². The van der Waals surface area contributed by atoms with Crippen molar-refractivity contribution >= 4 is 11.6 Å². The molecule has 2 heterocycles. The Balaban J connectivity index is 2.14. The van der Waals surface area contributed by atoms with Crippen LogP contribution in [-0.2, 0) is 0 Å². The van der Waals surface area contributed by atoms with E-state index >= 15 is 0 Å². The summed E-state index contributed by atoms with van der Waals surface area (Å²) >= 11 is 0. The fraction of sp³-hybridized carbons (Fsp3) is 0.154. The molecular weight excluding hydrogens is 228 g/mol. The molecular formula is C13H14N4O. The molecule has 5 heteroatoms. The number of hydrogen-bond donors (Lipinski definition) is 2. The monoisotopic (exact) mass is 242 g/mol. The summed E-state index contributed by atoms with van der Waals surface area (Å²) in [5.41, 5.74) is 7.30. The third kappa shape index (κ3) is 2.82. The summed E-state index contributed by atoms with van der Waals surface area (Å²) < 4.78 is 0. The second-order valence-corrected chi connectivity index (χ2v) is 3.95. The number of nitrogens with one attached hydrogen (secondary N) is 1. The van der Waals surface area contributed by atoms with Gasteiger partial charge in [-0.2, -0.15) is 0 Å². The Kier molecular flexibility index (Phi) is 3.52. The van der Waals surface area contributed by atoms with Gasteiger partial charge in [0.2, 0.25) is 0 Å². The zero-order valence-corrected chi connectivity index (χ0v) is 10.00. The molecule has 1 unspecified atom stereocenters. The summed E-state index contributed by atoms with van der Waals surface area (Å²) in [5, 5.41) is 3.27. The highest BCUT2D eigenvalue weighted by Crippen LogP contribution is 2.18. The predicted octanol–water partition coefficient (Wildman–Crippen LogP) is 1.75. The Morgan fingerprint density at radius 3 is 2.89 bits per heavy atom. The fourth-order valence-corrected chi connectivity index (χ4v) is 1.62. The van der Waals surface area contributed by atoms with E-state index in [1.54, 1.807) is 30.7 Å². The van der Waals surface area contributed by atoms with E-state index in [2.05, 4.69) is 15.3 Å². The summed E-state index contributed by atoms with van der Waals surface area (Å²) in [5.74, 6) is -0.535. The largest absolute Gasteiger partial charge is 0.378 e. The number of pyridine rings is 2. The third-order valence-corrected chi connectivity index (χ3v) is 2.58. The van der Waals surface area contributed by atoms with E-state index in [-0.39, 0.29) is 11.7 Å². The van der Waals surface area contributed by atoms with Crippen LogP contribution < -0.4 is 11.1 Å². The first-order valence-corrected chi connectivity index (χ1v) is 5.59. The fourth-order valence-electron chi connectivity index (χ4n) is 1.62. The van der Waals surface area contributed by atoms with Crippen molar-refractivity contribution in [2.45, 2.75) is 13.0 Å². The highest BCUT2D eigenvalue weighted by Gasteiger charge is 2.07. The molecule has 0 spiro atoms. The van der Waals surface area contributed by atoms with Gasteiger partial charge in [0.05, 0.1) is 6.04 Å². The molecule has 2 aromatic heterocycles. The smallest absolute Gasteiger partial charge is 0.267 e. The van der Waals surface area contributed by atoms with Crippen LogP contribution in [0.3, 0.4) is 0 Å². The molecule has 0 radical (unpaired) electrons. The predicted molar refractivity (Wildman–Crippen MR) is 69.0 cm³/mol. The minimum absolute atomic E-state index is 0.0850. The Bertz CT molecular complexity index is 542. The van der Waals surface area contributed by atoms with Crippen LogP contribution in [0.1, 0.15) is 29.0 Å². The van der Waals surface area contributed by atoms with E-state index in [0.29, 0.717) is 0 Å². The third-order valence-electron chi connectivity index (χ3n) is 2.58. The minimum atomic E-state index is -0.535. The first-order chi connectivity index (χ1) is 8.66. The Hall–Kier alpha value is -2.43. The number of anilines is 1. The van der Waals surface area contributed by atoms with Gasteiger partial charge < -0.3 is 11.1 Å². The van der Waals surface area contributed by atoms with Gasteiger partial charge in [0.1, 0.15) is 5.69 Å². The van der Waals surface area contributed by atoms with E-state index < -0.39 is 5.91 Å². The van der Waals surface area contributed by atoms with Crippen molar-refractivity contribution in [3.05, 3.63) is 54.1 Å². The molecule has 2 rings (SSSR count). The van der Waals surface area contributed by atoms with Gasteiger partial charge in [-0.05, 0) is 30.7 Å². The van der Waals surface area contributed by atoms with Gasteiger partial charge in [-0.15, -0.1) is 0 Å². The molecule has 3 N–H and O–H groups in total. The second kappa shape index (κ2) is 5.27. The number of hydrogen-bond acceptors (Lipinski definition) is 4. The average Bonchev–Trinajstić information content (AvgIpc) is 2.40. The van der Waals surface area contributed by atoms with Crippen molar-refractivity contribution in [2.75, 3.05) is 5.32 Å². The zero-order valence-electron chi connectivity index (χ0n) is 10.00. The van der Waals surface area contributed by atoms with Crippen LogP contribution in [0.4, 0.5) is 5.69 Å². The maximum Gasteiger partial charge on any atom is 0.267 e. The Morgan fingerprint density at radius 1 is 1.39 bits per heavy atom. The number of carbonyl (C=O) groups is 1. The highest BCUT2D eigenvalue weighted by atomic mass is 16.1. The zero-order chi connectivity index (χ0) is 13.0.